The Morgan fingerprint density at radius 3 is 2.33 bits per heavy atom. The van der Waals surface area contributed by atoms with Crippen LogP contribution < -0.4 is 10.8 Å². The molecule has 3 N–H and O–H groups in total. The van der Waals surface area contributed by atoms with Gasteiger partial charge < -0.3 is 14.6 Å². The van der Waals surface area contributed by atoms with Gasteiger partial charge in [0.2, 0.25) is 5.60 Å². The molecule has 2 amide bonds. The first-order valence-electron chi connectivity index (χ1n) is 9.36. The van der Waals surface area contributed by atoms with E-state index in [1.807, 2.05) is 54.6 Å². The zero-order valence-corrected chi connectivity index (χ0v) is 16.7. The van der Waals surface area contributed by atoms with E-state index in [0.717, 1.165) is 16.7 Å². The molecule has 0 saturated heterocycles. The number of aromatic nitrogens is 1. The number of rotatable bonds is 8. The molecule has 3 aromatic rings. The third-order valence-corrected chi connectivity index (χ3v) is 4.66. The predicted molar refractivity (Wildman–Crippen MR) is 108 cm³/mol. The fourth-order valence-electron chi connectivity index (χ4n) is 2.83. The van der Waals surface area contributed by atoms with Crippen LogP contribution in [0.4, 0.5) is 0 Å². The van der Waals surface area contributed by atoms with Crippen LogP contribution in [0.3, 0.4) is 0 Å². The van der Waals surface area contributed by atoms with Crippen LogP contribution in [0.2, 0.25) is 0 Å². The second kappa shape index (κ2) is 9.34. The van der Waals surface area contributed by atoms with E-state index in [4.69, 9.17) is 14.5 Å². The van der Waals surface area contributed by atoms with Gasteiger partial charge in [0.05, 0.1) is 13.2 Å². The number of hydrogen-bond donors (Lipinski definition) is 3. The molecule has 30 heavy (non-hydrogen) atoms. The summed E-state index contributed by atoms with van der Waals surface area (Å²) in [6, 6.07) is 19.1. The van der Waals surface area contributed by atoms with Crippen molar-refractivity contribution in [1.82, 2.24) is 16.0 Å². The third kappa shape index (κ3) is 4.91. The summed E-state index contributed by atoms with van der Waals surface area (Å²) in [5.74, 6) is -1.09. The van der Waals surface area contributed by atoms with Gasteiger partial charge in [-0.3, -0.25) is 14.8 Å². The van der Waals surface area contributed by atoms with Crippen LogP contribution in [0, 0.1) is 6.92 Å². The van der Waals surface area contributed by atoms with Crippen LogP contribution >= 0.6 is 0 Å². The quantitative estimate of drug-likeness (QED) is 0.299. The number of hydroxylamine groups is 1. The summed E-state index contributed by atoms with van der Waals surface area (Å²) in [7, 11) is 0. The minimum Gasteiger partial charge on any atom is -0.361 e. The van der Waals surface area contributed by atoms with Crippen LogP contribution in [-0.4, -0.2) is 27.8 Å². The summed E-state index contributed by atoms with van der Waals surface area (Å²) >= 11 is 0. The summed E-state index contributed by atoms with van der Waals surface area (Å²) in [5, 5.41) is 15.4. The van der Waals surface area contributed by atoms with Crippen LogP contribution in [-0.2, 0) is 27.5 Å². The fourth-order valence-corrected chi connectivity index (χ4v) is 2.83. The zero-order chi connectivity index (χ0) is 21.6. The summed E-state index contributed by atoms with van der Waals surface area (Å²) < 4.78 is 10.6. The average molecular weight is 409 g/mol. The molecule has 1 aromatic heterocycles. The van der Waals surface area contributed by atoms with E-state index in [-0.39, 0.29) is 13.2 Å². The van der Waals surface area contributed by atoms with Gasteiger partial charge >= 0.3 is 0 Å². The number of carbonyl (C=O) groups excluding carboxylic acids is 2. The van der Waals surface area contributed by atoms with Crippen molar-refractivity contribution in [2.75, 3.05) is 0 Å². The van der Waals surface area contributed by atoms with Crippen LogP contribution in [0.1, 0.15) is 23.9 Å². The molecule has 0 aliphatic rings. The van der Waals surface area contributed by atoms with Gasteiger partial charge in [0, 0.05) is 6.07 Å². The topological polar surface area (TPSA) is 114 Å². The molecule has 1 heterocycles. The average Bonchev–Trinajstić information content (AvgIpc) is 3.21. The molecule has 2 aromatic carbocycles. The number of nitrogens with one attached hydrogen (secondary N) is 2. The molecular formula is C22H23N3O5. The van der Waals surface area contributed by atoms with E-state index in [0.29, 0.717) is 11.5 Å². The van der Waals surface area contributed by atoms with Gasteiger partial charge in [-0.2, -0.15) is 0 Å². The highest BCUT2D eigenvalue weighted by Gasteiger charge is 2.42. The number of amides is 2. The molecule has 156 valence electrons. The minimum absolute atomic E-state index is 0.00449. The van der Waals surface area contributed by atoms with Crippen molar-refractivity contribution in [2.24, 2.45) is 0 Å². The predicted octanol–water partition coefficient (Wildman–Crippen LogP) is 2.75. The lowest BCUT2D eigenvalue weighted by Crippen LogP contribution is -2.56. The molecule has 0 aliphatic carbocycles. The molecule has 0 bridgehead atoms. The maximum atomic E-state index is 12.6. The Labute approximate surface area is 173 Å². The van der Waals surface area contributed by atoms with E-state index >= 15 is 0 Å². The molecule has 0 aliphatic heterocycles. The van der Waals surface area contributed by atoms with Gasteiger partial charge in [-0.05, 0) is 30.5 Å². The first-order valence-corrected chi connectivity index (χ1v) is 9.36. The second-order valence-corrected chi connectivity index (χ2v) is 6.94. The molecular weight excluding hydrogens is 386 g/mol. The number of carbonyl (C=O) groups is 2. The highest BCUT2D eigenvalue weighted by molar-refractivity contribution is 6.07. The van der Waals surface area contributed by atoms with E-state index in [9.17, 15) is 9.59 Å². The van der Waals surface area contributed by atoms with Crippen molar-refractivity contribution in [3.05, 3.63) is 77.7 Å². The Balaban J connectivity index is 1.66. The Hall–Kier alpha value is -3.49. The van der Waals surface area contributed by atoms with Crippen molar-refractivity contribution in [2.45, 2.75) is 32.6 Å². The molecule has 0 radical (unpaired) electrons. The molecule has 0 unspecified atom stereocenters. The summed E-state index contributed by atoms with van der Waals surface area (Å²) in [6.45, 7) is 3.07. The Morgan fingerprint density at radius 2 is 1.73 bits per heavy atom. The lowest BCUT2D eigenvalue weighted by molar-refractivity contribution is -0.166. The number of ether oxygens (including phenoxy) is 1. The first kappa shape index (κ1) is 21.2. The van der Waals surface area contributed by atoms with Crippen molar-refractivity contribution in [3.8, 4) is 11.1 Å². The van der Waals surface area contributed by atoms with Gasteiger partial charge in [-0.1, -0.05) is 59.8 Å². The lowest BCUT2D eigenvalue weighted by Gasteiger charge is -2.26. The van der Waals surface area contributed by atoms with Gasteiger partial charge in [-0.15, -0.1) is 0 Å². The van der Waals surface area contributed by atoms with Crippen LogP contribution in [0.25, 0.3) is 11.1 Å². The smallest absolute Gasteiger partial charge is 0.285 e. The van der Waals surface area contributed by atoms with Gasteiger partial charge in [0.15, 0.2) is 0 Å². The third-order valence-electron chi connectivity index (χ3n) is 4.66. The van der Waals surface area contributed by atoms with Crippen molar-refractivity contribution >= 4 is 11.8 Å². The normalized spacial score (nSPS) is 12.8. The largest absolute Gasteiger partial charge is 0.361 e. The molecule has 0 saturated carbocycles. The molecule has 0 fully saturated rings. The van der Waals surface area contributed by atoms with E-state index in [1.165, 1.54) is 12.4 Å². The molecule has 8 heteroatoms. The highest BCUT2D eigenvalue weighted by Crippen LogP contribution is 2.21. The van der Waals surface area contributed by atoms with Gasteiger partial charge in [0.25, 0.3) is 11.8 Å². The lowest BCUT2D eigenvalue weighted by atomic mass is 10.0. The Morgan fingerprint density at radius 1 is 1.07 bits per heavy atom. The fraction of sp³-hybridized carbons (Fsp3) is 0.227. The number of nitrogens with zero attached hydrogens (tertiary/aromatic N) is 1. The SMILES string of the molecule is Cc1cc(CNC(=O)[C@](C)(OCc2ccc(-c3ccccc3)cc2)C(=O)NO)no1. The molecule has 1 atom stereocenters. The number of hydrogen-bond acceptors (Lipinski definition) is 6. The number of aryl methyl sites for hydroxylation is 1. The summed E-state index contributed by atoms with van der Waals surface area (Å²) in [6.07, 6.45) is 0. The van der Waals surface area contributed by atoms with Gasteiger partial charge in [-0.25, -0.2) is 5.48 Å². The summed E-state index contributed by atoms with van der Waals surface area (Å²) in [5.41, 5.74) is 2.95. The van der Waals surface area contributed by atoms with Crippen molar-refractivity contribution < 1.29 is 24.1 Å². The van der Waals surface area contributed by atoms with E-state index in [2.05, 4.69) is 10.5 Å². The molecule has 0 spiro atoms. The zero-order valence-electron chi connectivity index (χ0n) is 16.7. The second-order valence-electron chi connectivity index (χ2n) is 6.94. The Kier molecular flexibility index (Phi) is 6.61. The monoisotopic (exact) mass is 409 g/mol. The van der Waals surface area contributed by atoms with Crippen molar-refractivity contribution in [3.63, 3.8) is 0 Å². The van der Waals surface area contributed by atoms with E-state index < -0.39 is 17.4 Å². The van der Waals surface area contributed by atoms with Gasteiger partial charge in [0.1, 0.15) is 11.5 Å². The minimum atomic E-state index is -1.94. The van der Waals surface area contributed by atoms with Crippen molar-refractivity contribution in [1.29, 1.82) is 0 Å². The molecule has 8 nitrogen and oxygen atoms in total. The van der Waals surface area contributed by atoms with Crippen LogP contribution in [0.15, 0.2) is 65.2 Å². The van der Waals surface area contributed by atoms with E-state index in [1.54, 1.807) is 13.0 Å². The standard InChI is InChI=1S/C22H23N3O5/c1-15-12-19(25-30-15)13-23-20(26)22(2,21(27)24-28)29-14-16-8-10-18(11-9-16)17-6-4-3-5-7-17/h3-12,28H,13-14H2,1-2H3,(H,23,26)(H,24,27)/t22-/m0/s1. The van der Waals surface area contributed by atoms with Crippen LogP contribution in [0.5, 0.6) is 0 Å². The molecule has 3 rings (SSSR count). The Bertz CT molecular complexity index is 1000. The first-order chi connectivity index (χ1) is 14.4. The maximum absolute atomic E-state index is 12.6. The highest BCUT2D eigenvalue weighted by atomic mass is 16.5. The summed E-state index contributed by atoms with van der Waals surface area (Å²) in [4.78, 5) is 24.8. The number of benzene rings is 2. The maximum Gasteiger partial charge on any atom is 0.285 e.